The molecule has 0 heterocycles. The molecule has 0 fully saturated rings. The van der Waals surface area contributed by atoms with Gasteiger partial charge < -0.3 is 20.1 Å². The van der Waals surface area contributed by atoms with Crippen molar-refractivity contribution in [1.82, 2.24) is 0 Å². The van der Waals surface area contributed by atoms with Crippen LogP contribution < -0.4 is 4.74 Å². The zero-order chi connectivity index (χ0) is 13.7. The van der Waals surface area contributed by atoms with E-state index in [-0.39, 0.29) is 11.3 Å². The molecule has 0 amide bonds. The van der Waals surface area contributed by atoms with Crippen LogP contribution in [0.4, 0.5) is 0 Å². The quantitative estimate of drug-likeness (QED) is 0.536. The van der Waals surface area contributed by atoms with Gasteiger partial charge in [-0.05, 0) is 24.5 Å². The molecule has 100 valence electrons. The predicted molar refractivity (Wildman–Crippen MR) is 66.5 cm³/mol. The monoisotopic (exact) mass is 254 g/mol. The zero-order valence-electron chi connectivity index (χ0n) is 10.6. The molecule has 0 saturated heterocycles. The molecule has 0 bridgehead atoms. The topological polar surface area (TPSA) is 87.0 Å². The van der Waals surface area contributed by atoms with Crippen molar-refractivity contribution in [2.75, 3.05) is 7.11 Å². The number of hydrogen-bond donors (Lipinski definition) is 3. The molecule has 5 heteroatoms. The van der Waals surface area contributed by atoms with Crippen LogP contribution >= 0.6 is 0 Å². The molecule has 0 aliphatic heterocycles. The van der Waals surface area contributed by atoms with Gasteiger partial charge in [0.1, 0.15) is 11.3 Å². The molecular formula is C13H18O5. The number of aromatic hydroxyl groups is 2. The number of methoxy groups -OCH3 is 1. The molecule has 1 rings (SSSR count). The summed E-state index contributed by atoms with van der Waals surface area (Å²) in [5.41, 5.74) is 0.211. The number of unbranched alkanes of at least 4 members (excludes halogenated alkanes) is 2. The van der Waals surface area contributed by atoms with E-state index in [2.05, 4.69) is 6.92 Å². The Balaban J connectivity index is 3.21. The molecule has 0 unspecified atom stereocenters. The van der Waals surface area contributed by atoms with Crippen molar-refractivity contribution in [3.8, 4) is 17.2 Å². The zero-order valence-corrected chi connectivity index (χ0v) is 10.6. The second-order valence-electron chi connectivity index (χ2n) is 4.07. The number of aryl methyl sites for hydroxylation is 1. The van der Waals surface area contributed by atoms with Crippen molar-refractivity contribution in [3.05, 3.63) is 17.2 Å². The number of aromatic carboxylic acids is 1. The van der Waals surface area contributed by atoms with Crippen molar-refractivity contribution >= 4 is 5.97 Å². The minimum Gasteiger partial charge on any atom is -0.504 e. The minimum atomic E-state index is -1.32. The number of carbonyl (C=O) groups is 1. The number of benzene rings is 1. The van der Waals surface area contributed by atoms with Gasteiger partial charge in [0.15, 0.2) is 11.5 Å². The van der Waals surface area contributed by atoms with E-state index in [1.54, 1.807) is 0 Å². The molecule has 0 aliphatic rings. The smallest absolute Gasteiger partial charge is 0.343 e. The Morgan fingerprint density at radius 3 is 2.50 bits per heavy atom. The maximum absolute atomic E-state index is 11.1. The number of rotatable bonds is 6. The Bertz CT molecular complexity index is 439. The number of phenolic OH excluding ortho intramolecular Hbond substituents is 1. The average Bonchev–Trinajstić information content (AvgIpc) is 2.32. The third-order valence-electron chi connectivity index (χ3n) is 2.78. The van der Waals surface area contributed by atoms with Gasteiger partial charge in [-0.1, -0.05) is 19.8 Å². The predicted octanol–water partition coefficient (Wildman–Crippen LogP) is 2.54. The van der Waals surface area contributed by atoms with Gasteiger partial charge in [-0.3, -0.25) is 0 Å². The largest absolute Gasteiger partial charge is 0.504 e. The number of ether oxygens (including phenoxy) is 1. The van der Waals surface area contributed by atoms with Gasteiger partial charge in [0, 0.05) is 0 Å². The highest BCUT2D eigenvalue weighted by Gasteiger charge is 2.23. The second-order valence-corrected chi connectivity index (χ2v) is 4.07. The fraction of sp³-hybridized carbons (Fsp3) is 0.462. The molecule has 5 nitrogen and oxygen atoms in total. The molecule has 1 aromatic rings. The summed E-state index contributed by atoms with van der Waals surface area (Å²) in [5, 5.41) is 28.1. The van der Waals surface area contributed by atoms with Crippen LogP contribution in [-0.2, 0) is 6.42 Å². The first-order chi connectivity index (χ1) is 8.52. The highest BCUT2D eigenvalue weighted by molar-refractivity contribution is 5.95. The summed E-state index contributed by atoms with van der Waals surface area (Å²) in [5.74, 6) is -2.29. The molecule has 3 N–H and O–H groups in total. The Hall–Kier alpha value is -1.91. The van der Waals surface area contributed by atoms with E-state index >= 15 is 0 Å². The number of hydrogen-bond acceptors (Lipinski definition) is 4. The standard InChI is InChI=1S/C13H18O5/c1-3-4-5-6-8-7-9(14)11(15)10(13(16)17)12(8)18-2/h7,14-15H,3-6H2,1-2H3,(H,16,17). The summed E-state index contributed by atoms with van der Waals surface area (Å²) < 4.78 is 5.05. The fourth-order valence-electron chi connectivity index (χ4n) is 1.88. The molecular weight excluding hydrogens is 236 g/mol. The van der Waals surface area contributed by atoms with Crippen LogP contribution in [0.2, 0.25) is 0 Å². The van der Waals surface area contributed by atoms with Crippen LogP contribution in [0.5, 0.6) is 17.2 Å². The molecule has 0 aromatic heterocycles. The van der Waals surface area contributed by atoms with E-state index in [9.17, 15) is 15.0 Å². The molecule has 0 atom stereocenters. The lowest BCUT2D eigenvalue weighted by atomic mass is 10.0. The summed E-state index contributed by atoms with van der Waals surface area (Å²) in [6.07, 6.45) is 3.52. The maximum Gasteiger partial charge on any atom is 0.343 e. The van der Waals surface area contributed by atoms with E-state index in [0.717, 1.165) is 19.3 Å². The number of carboxylic acid groups (broad SMARTS) is 1. The first-order valence-electron chi connectivity index (χ1n) is 5.88. The third-order valence-corrected chi connectivity index (χ3v) is 2.78. The number of carboxylic acids is 1. The van der Waals surface area contributed by atoms with Crippen LogP contribution in [0.25, 0.3) is 0 Å². The van der Waals surface area contributed by atoms with Crippen LogP contribution in [-0.4, -0.2) is 28.4 Å². The highest BCUT2D eigenvalue weighted by atomic mass is 16.5. The van der Waals surface area contributed by atoms with Gasteiger partial charge in [0.2, 0.25) is 0 Å². The maximum atomic E-state index is 11.1. The summed E-state index contributed by atoms with van der Waals surface area (Å²) in [6.45, 7) is 2.06. The van der Waals surface area contributed by atoms with E-state index in [0.29, 0.717) is 12.0 Å². The molecule has 0 radical (unpaired) electrons. The lowest BCUT2D eigenvalue weighted by Gasteiger charge is -2.13. The number of phenols is 2. The fourth-order valence-corrected chi connectivity index (χ4v) is 1.88. The van der Waals surface area contributed by atoms with Gasteiger partial charge in [0.25, 0.3) is 0 Å². The summed E-state index contributed by atoms with van der Waals surface area (Å²) in [6, 6.07) is 1.36. The van der Waals surface area contributed by atoms with Crippen molar-refractivity contribution in [1.29, 1.82) is 0 Å². The Kier molecular flexibility index (Phi) is 4.83. The van der Waals surface area contributed by atoms with Gasteiger partial charge in [0.05, 0.1) is 7.11 Å². The lowest BCUT2D eigenvalue weighted by molar-refractivity contribution is 0.0689. The second kappa shape index (κ2) is 6.14. The SMILES string of the molecule is CCCCCc1cc(O)c(O)c(C(=O)O)c1OC. The Morgan fingerprint density at radius 1 is 1.33 bits per heavy atom. The van der Waals surface area contributed by atoms with Crippen molar-refractivity contribution in [2.45, 2.75) is 32.6 Å². The first kappa shape index (κ1) is 14.2. The van der Waals surface area contributed by atoms with Gasteiger partial charge in [-0.2, -0.15) is 0 Å². The van der Waals surface area contributed by atoms with E-state index in [1.165, 1.54) is 13.2 Å². The van der Waals surface area contributed by atoms with Gasteiger partial charge in [-0.15, -0.1) is 0 Å². The van der Waals surface area contributed by atoms with E-state index in [1.807, 2.05) is 0 Å². The summed E-state index contributed by atoms with van der Waals surface area (Å²) in [4.78, 5) is 11.1. The molecule has 0 spiro atoms. The molecule has 1 aromatic carbocycles. The van der Waals surface area contributed by atoms with Crippen LogP contribution in [0.1, 0.15) is 42.1 Å². The van der Waals surface area contributed by atoms with Crippen molar-refractivity contribution in [3.63, 3.8) is 0 Å². The van der Waals surface area contributed by atoms with Crippen LogP contribution in [0.3, 0.4) is 0 Å². The van der Waals surface area contributed by atoms with E-state index < -0.39 is 17.5 Å². The van der Waals surface area contributed by atoms with Gasteiger partial charge in [-0.25, -0.2) is 4.79 Å². The van der Waals surface area contributed by atoms with Crippen molar-refractivity contribution in [2.24, 2.45) is 0 Å². The normalized spacial score (nSPS) is 10.3. The third kappa shape index (κ3) is 2.85. The van der Waals surface area contributed by atoms with Crippen LogP contribution in [0.15, 0.2) is 6.07 Å². The molecule has 18 heavy (non-hydrogen) atoms. The lowest BCUT2D eigenvalue weighted by Crippen LogP contribution is -2.04. The Morgan fingerprint density at radius 2 is 2.00 bits per heavy atom. The summed E-state index contributed by atoms with van der Waals surface area (Å²) >= 11 is 0. The minimum absolute atomic E-state index is 0.119. The van der Waals surface area contributed by atoms with Gasteiger partial charge >= 0.3 is 5.97 Å². The molecule has 0 saturated carbocycles. The first-order valence-corrected chi connectivity index (χ1v) is 5.88. The summed E-state index contributed by atoms with van der Waals surface area (Å²) in [7, 11) is 1.35. The average molecular weight is 254 g/mol. The molecule has 0 aliphatic carbocycles. The van der Waals surface area contributed by atoms with E-state index in [4.69, 9.17) is 9.84 Å². The van der Waals surface area contributed by atoms with Crippen LogP contribution in [0, 0.1) is 0 Å². The highest BCUT2D eigenvalue weighted by Crippen LogP contribution is 2.39. The Labute approximate surface area is 106 Å². The van der Waals surface area contributed by atoms with Crippen molar-refractivity contribution < 1.29 is 24.9 Å².